The molecule has 0 atom stereocenters. The van der Waals surface area contributed by atoms with Gasteiger partial charge in [-0.05, 0) is 82.7 Å². The van der Waals surface area contributed by atoms with Gasteiger partial charge in [-0.25, -0.2) is 9.97 Å². The Hall–Kier alpha value is -3.25. The quantitative estimate of drug-likeness (QED) is 0.409. The van der Waals surface area contributed by atoms with E-state index in [1.165, 1.54) is 23.3 Å². The molecule has 1 aromatic heterocycles. The molecular formula is C32H41N5O. The van der Waals surface area contributed by atoms with E-state index in [1.807, 2.05) is 18.7 Å². The van der Waals surface area contributed by atoms with Gasteiger partial charge >= 0.3 is 0 Å². The van der Waals surface area contributed by atoms with E-state index in [1.54, 1.807) is 0 Å². The maximum atomic E-state index is 13.3. The number of hydrogen-bond acceptors (Lipinski definition) is 5. The highest BCUT2D eigenvalue weighted by molar-refractivity contribution is 5.96. The number of amides is 1. The van der Waals surface area contributed by atoms with Gasteiger partial charge in [0.2, 0.25) is 0 Å². The van der Waals surface area contributed by atoms with E-state index in [0.29, 0.717) is 11.6 Å². The van der Waals surface area contributed by atoms with Crippen LogP contribution >= 0.6 is 0 Å². The van der Waals surface area contributed by atoms with Crippen molar-refractivity contribution in [1.29, 1.82) is 0 Å². The van der Waals surface area contributed by atoms with Crippen molar-refractivity contribution < 1.29 is 4.79 Å². The molecule has 1 amide bonds. The molecule has 0 spiro atoms. The largest absolute Gasteiger partial charge is 0.338 e. The molecule has 6 heteroatoms. The molecule has 0 aliphatic carbocycles. The third-order valence-corrected chi connectivity index (χ3v) is 8.82. The summed E-state index contributed by atoms with van der Waals surface area (Å²) >= 11 is 0. The molecule has 3 heterocycles. The maximum Gasteiger partial charge on any atom is 0.257 e. The standard InChI is InChI=1S/C32H41N5O/c1-5-26-11-13-28(14-12-26)37(27-9-7-6-8-10-27)29-15-19-36(20-16-29)32(4)17-21-35(22-18-32)31(38)30-24(2)33-23-34-25(30)3/h6-14,23,29H,5,15-22H2,1-4H3. The number of benzene rings is 2. The SMILES string of the molecule is CCc1ccc(N(c2ccccc2)C2CCN(C3(C)CCN(C(=O)c4c(C)ncnc4C)CC3)CC2)cc1. The summed E-state index contributed by atoms with van der Waals surface area (Å²) in [5.41, 5.74) is 6.25. The molecule has 2 aliphatic rings. The number of hydrogen-bond donors (Lipinski definition) is 0. The summed E-state index contributed by atoms with van der Waals surface area (Å²) in [6.45, 7) is 12.1. The number of aryl methyl sites for hydroxylation is 3. The van der Waals surface area contributed by atoms with E-state index in [4.69, 9.17) is 0 Å². The summed E-state index contributed by atoms with van der Waals surface area (Å²) in [5.74, 6) is 0.0777. The van der Waals surface area contributed by atoms with E-state index in [9.17, 15) is 4.79 Å². The molecule has 0 bridgehead atoms. The molecule has 0 N–H and O–H groups in total. The number of carbonyl (C=O) groups is 1. The Balaban J connectivity index is 1.24. The lowest BCUT2D eigenvalue weighted by Gasteiger charge is -2.50. The van der Waals surface area contributed by atoms with Crippen molar-refractivity contribution in [2.75, 3.05) is 31.1 Å². The molecule has 5 rings (SSSR count). The maximum absolute atomic E-state index is 13.3. The molecule has 0 unspecified atom stereocenters. The molecule has 3 aromatic rings. The van der Waals surface area contributed by atoms with Gasteiger partial charge in [-0.1, -0.05) is 37.3 Å². The van der Waals surface area contributed by atoms with Crippen LogP contribution in [-0.2, 0) is 6.42 Å². The van der Waals surface area contributed by atoms with Gasteiger partial charge in [0, 0.05) is 49.1 Å². The Morgan fingerprint density at radius 1 is 0.895 bits per heavy atom. The first-order valence-electron chi connectivity index (χ1n) is 14.2. The van der Waals surface area contributed by atoms with Crippen LogP contribution < -0.4 is 4.90 Å². The van der Waals surface area contributed by atoms with Crippen LogP contribution in [0.15, 0.2) is 60.9 Å². The predicted molar refractivity (Wildman–Crippen MR) is 154 cm³/mol. The van der Waals surface area contributed by atoms with Crippen molar-refractivity contribution in [1.82, 2.24) is 19.8 Å². The van der Waals surface area contributed by atoms with E-state index < -0.39 is 0 Å². The molecule has 2 saturated heterocycles. The van der Waals surface area contributed by atoms with Gasteiger partial charge in [0.05, 0.1) is 17.0 Å². The van der Waals surface area contributed by atoms with Crippen molar-refractivity contribution >= 4 is 17.3 Å². The fourth-order valence-corrected chi connectivity index (χ4v) is 6.28. The number of rotatable bonds is 6. The Labute approximate surface area is 227 Å². The average molecular weight is 512 g/mol. The molecule has 0 saturated carbocycles. The molecule has 2 aromatic carbocycles. The molecule has 2 fully saturated rings. The molecule has 38 heavy (non-hydrogen) atoms. The number of anilines is 2. The molecule has 2 aliphatic heterocycles. The Morgan fingerprint density at radius 2 is 1.47 bits per heavy atom. The van der Waals surface area contributed by atoms with Crippen molar-refractivity contribution in [2.24, 2.45) is 0 Å². The molecule has 200 valence electrons. The zero-order valence-electron chi connectivity index (χ0n) is 23.4. The number of piperidine rings is 2. The summed E-state index contributed by atoms with van der Waals surface area (Å²) in [6, 6.07) is 20.4. The van der Waals surface area contributed by atoms with Crippen LogP contribution in [0.4, 0.5) is 11.4 Å². The molecule has 6 nitrogen and oxygen atoms in total. The normalized spacial score (nSPS) is 18.4. The highest BCUT2D eigenvalue weighted by Crippen LogP contribution is 2.36. The zero-order valence-corrected chi connectivity index (χ0v) is 23.4. The van der Waals surface area contributed by atoms with E-state index in [2.05, 4.69) is 88.2 Å². The van der Waals surface area contributed by atoms with E-state index >= 15 is 0 Å². The van der Waals surface area contributed by atoms with Crippen LogP contribution in [0.3, 0.4) is 0 Å². The Kier molecular flexibility index (Phi) is 7.80. The average Bonchev–Trinajstić information content (AvgIpc) is 2.95. The Bertz CT molecular complexity index is 1210. The van der Waals surface area contributed by atoms with Gasteiger partial charge in [0.15, 0.2) is 0 Å². The predicted octanol–water partition coefficient (Wildman–Crippen LogP) is 5.95. The highest BCUT2D eigenvalue weighted by atomic mass is 16.2. The number of nitrogens with zero attached hydrogens (tertiary/aromatic N) is 5. The summed E-state index contributed by atoms with van der Waals surface area (Å²) < 4.78 is 0. The Morgan fingerprint density at radius 3 is 2.05 bits per heavy atom. The first-order valence-corrected chi connectivity index (χ1v) is 14.2. The minimum Gasteiger partial charge on any atom is -0.338 e. The van der Waals surface area contributed by atoms with Crippen LogP contribution in [0.5, 0.6) is 0 Å². The summed E-state index contributed by atoms with van der Waals surface area (Å²) in [4.78, 5) is 29.0. The first-order chi connectivity index (χ1) is 18.4. The van der Waals surface area contributed by atoms with Gasteiger partial charge in [-0.3, -0.25) is 9.69 Å². The van der Waals surface area contributed by atoms with E-state index in [0.717, 1.165) is 69.7 Å². The highest BCUT2D eigenvalue weighted by Gasteiger charge is 2.40. The lowest BCUT2D eigenvalue weighted by molar-refractivity contribution is 0.0176. The van der Waals surface area contributed by atoms with Gasteiger partial charge in [0.1, 0.15) is 6.33 Å². The van der Waals surface area contributed by atoms with E-state index in [-0.39, 0.29) is 11.4 Å². The van der Waals surface area contributed by atoms with Crippen molar-refractivity contribution in [2.45, 2.75) is 71.4 Å². The minimum atomic E-state index is 0.0777. The summed E-state index contributed by atoms with van der Waals surface area (Å²) in [5, 5.41) is 0. The second-order valence-corrected chi connectivity index (χ2v) is 11.2. The van der Waals surface area contributed by atoms with Crippen molar-refractivity contribution in [3.8, 4) is 0 Å². The molecular weight excluding hydrogens is 470 g/mol. The smallest absolute Gasteiger partial charge is 0.257 e. The monoisotopic (exact) mass is 511 g/mol. The second kappa shape index (κ2) is 11.2. The van der Waals surface area contributed by atoms with Gasteiger partial charge in [0.25, 0.3) is 5.91 Å². The van der Waals surface area contributed by atoms with Crippen LogP contribution in [0.25, 0.3) is 0 Å². The first kappa shape index (κ1) is 26.4. The zero-order chi connectivity index (χ0) is 26.7. The topological polar surface area (TPSA) is 52.6 Å². The lowest BCUT2D eigenvalue weighted by Crippen LogP contribution is -2.58. The van der Waals surface area contributed by atoms with Crippen molar-refractivity contribution in [3.05, 3.63) is 83.4 Å². The summed E-state index contributed by atoms with van der Waals surface area (Å²) in [7, 11) is 0. The van der Waals surface area contributed by atoms with Gasteiger partial charge < -0.3 is 9.80 Å². The van der Waals surface area contributed by atoms with Crippen LogP contribution in [0.1, 0.15) is 66.8 Å². The van der Waals surface area contributed by atoms with Crippen molar-refractivity contribution in [3.63, 3.8) is 0 Å². The van der Waals surface area contributed by atoms with Crippen LogP contribution in [0, 0.1) is 13.8 Å². The van der Waals surface area contributed by atoms with Gasteiger partial charge in [-0.2, -0.15) is 0 Å². The second-order valence-electron chi connectivity index (χ2n) is 11.2. The fourth-order valence-electron chi connectivity index (χ4n) is 6.28. The minimum absolute atomic E-state index is 0.0777. The number of carbonyl (C=O) groups excluding carboxylic acids is 1. The lowest BCUT2D eigenvalue weighted by atomic mass is 9.85. The fraction of sp³-hybridized carbons (Fsp3) is 0.469. The third-order valence-electron chi connectivity index (χ3n) is 8.82. The number of likely N-dealkylation sites (tertiary alicyclic amines) is 2. The summed E-state index contributed by atoms with van der Waals surface area (Å²) in [6.07, 6.45) is 6.85. The van der Waals surface area contributed by atoms with Crippen LogP contribution in [0.2, 0.25) is 0 Å². The van der Waals surface area contributed by atoms with Gasteiger partial charge in [-0.15, -0.1) is 0 Å². The number of aromatic nitrogens is 2. The van der Waals surface area contributed by atoms with Crippen LogP contribution in [-0.4, -0.2) is 63.4 Å². The molecule has 0 radical (unpaired) electrons. The third kappa shape index (κ3) is 5.32. The number of para-hydroxylation sites is 1.